The molecule has 13 heteroatoms. The summed E-state index contributed by atoms with van der Waals surface area (Å²) in [4.78, 5) is 22.0. The third-order valence-corrected chi connectivity index (χ3v) is 6.15. The summed E-state index contributed by atoms with van der Waals surface area (Å²) in [5, 5.41) is 0. The van der Waals surface area contributed by atoms with Crippen molar-refractivity contribution >= 4 is 34.7 Å². The molecular weight excluding hydrogens is 605 g/mol. The molecule has 0 aliphatic rings. The number of rotatable bonds is 20. The van der Waals surface area contributed by atoms with Crippen molar-refractivity contribution in [3.63, 3.8) is 0 Å². The minimum Gasteiger partial charge on any atom is -0.494 e. The van der Waals surface area contributed by atoms with Crippen LogP contribution >= 0.6 is 0 Å². The largest absolute Gasteiger partial charge is 0.494 e. The Morgan fingerprint density at radius 3 is 1.50 bits per heavy atom. The minimum absolute atomic E-state index is 0.0356. The van der Waals surface area contributed by atoms with Gasteiger partial charge in [0.05, 0.1) is 54.7 Å². The molecule has 0 saturated heterocycles. The van der Waals surface area contributed by atoms with Crippen LogP contribution in [0.5, 0.6) is 11.5 Å². The van der Waals surface area contributed by atoms with Crippen molar-refractivity contribution in [1.29, 1.82) is 0 Å². The Morgan fingerprint density at radius 2 is 1.02 bits per heavy atom. The van der Waals surface area contributed by atoms with Gasteiger partial charge < -0.3 is 40.7 Å². The maximum absolute atomic E-state index is 13.7. The third-order valence-electron chi connectivity index (χ3n) is 6.15. The van der Waals surface area contributed by atoms with Crippen molar-refractivity contribution in [3.05, 3.63) is 97.6 Å². The average Bonchev–Trinajstić information content (AvgIpc) is 3.06. The summed E-state index contributed by atoms with van der Waals surface area (Å²) >= 11 is 0. The number of carbonyl (C=O) groups excluding carboxylic acids is 2. The molecule has 4 N–H and O–H groups in total. The van der Waals surface area contributed by atoms with E-state index in [-0.39, 0.29) is 24.7 Å². The van der Waals surface area contributed by atoms with Crippen molar-refractivity contribution < 1.29 is 41.7 Å². The first-order valence-electron chi connectivity index (χ1n) is 14.5. The number of hydrogen-bond acceptors (Lipinski definition) is 10. The van der Waals surface area contributed by atoms with Gasteiger partial charge in [-0.15, -0.1) is 0 Å². The van der Waals surface area contributed by atoms with E-state index in [2.05, 4.69) is 34.9 Å². The molecule has 0 spiro atoms. The molecule has 3 aromatic rings. The van der Waals surface area contributed by atoms with Crippen molar-refractivity contribution in [2.24, 2.45) is 0 Å². The average molecular weight is 643 g/mol. The molecule has 0 bridgehead atoms. The van der Waals surface area contributed by atoms with E-state index in [1.807, 2.05) is 24.3 Å². The molecule has 10 nitrogen and oxygen atoms in total. The Labute approximate surface area is 265 Å². The summed E-state index contributed by atoms with van der Waals surface area (Å²) in [7, 11) is 0. The van der Waals surface area contributed by atoms with Crippen LogP contribution in [0.2, 0.25) is 0 Å². The smallest absolute Gasteiger partial charge is 0.420 e. The number of anilines is 4. The summed E-state index contributed by atoms with van der Waals surface area (Å²) in [5.41, 5.74) is 13.3. The van der Waals surface area contributed by atoms with Crippen LogP contribution in [-0.4, -0.2) is 38.4 Å². The van der Waals surface area contributed by atoms with E-state index in [1.54, 1.807) is 24.3 Å². The van der Waals surface area contributed by atoms with Crippen LogP contribution in [0.25, 0.3) is 0 Å². The van der Waals surface area contributed by atoms with Crippen LogP contribution in [0.1, 0.15) is 31.2 Å². The van der Waals surface area contributed by atoms with Gasteiger partial charge in [-0.3, -0.25) is 0 Å². The molecule has 0 amide bonds. The number of benzene rings is 3. The Morgan fingerprint density at radius 1 is 0.609 bits per heavy atom. The number of nitrogens with one attached hydrogen (secondary N) is 4. The predicted molar refractivity (Wildman–Crippen MR) is 171 cm³/mol. The van der Waals surface area contributed by atoms with Crippen molar-refractivity contribution in [3.8, 4) is 11.5 Å². The predicted octanol–water partition coefficient (Wildman–Crippen LogP) is 7.36. The van der Waals surface area contributed by atoms with Crippen LogP contribution in [0.15, 0.2) is 92.0 Å². The van der Waals surface area contributed by atoms with E-state index in [1.165, 1.54) is 12.1 Å². The summed E-state index contributed by atoms with van der Waals surface area (Å²) < 4.78 is 61.9. The second-order valence-corrected chi connectivity index (χ2v) is 9.66. The fraction of sp³-hybridized carbons (Fsp3) is 0.273. The number of alkyl halides is 3. The van der Waals surface area contributed by atoms with Gasteiger partial charge in [0.2, 0.25) is 0 Å². The summed E-state index contributed by atoms with van der Waals surface area (Å²) in [6.07, 6.45) is -0.166. The minimum atomic E-state index is -4.62. The van der Waals surface area contributed by atoms with Gasteiger partial charge in [-0.2, -0.15) is 13.2 Å². The Balaban J connectivity index is 1.40. The van der Waals surface area contributed by atoms with Gasteiger partial charge in [-0.05, 0) is 92.4 Å². The third kappa shape index (κ3) is 12.7. The SMILES string of the molecule is C=CC(=O)OCCCCOc1ccc(NNc2ccc(NNc3ccc(OCCCCOC(=O)C=C)c(C(F)(F)F)c3)cc2)cc1. The molecule has 246 valence electrons. The number of unbranched alkanes of at least 4 members (excludes halogenated alkanes) is 2. The van der Waals surface area contributed by atoms with Crippen molar-refractivity contribution in [2.45, 2.75) is 31.9 Å². The van der Waals surface area contributed by atoms with Gasteiger partial charge in [0.25, 0.3) is 0 Å². The van der Waals surface area contributed by atoms with Gasteiger partial charge in [-0.1, -0.05) is 13.2 Å². The topological polar surface area (TPSA) is 119 Å². The van der Waals surface area contributed by atoms with Crippen LogP contribution in [0, 0.1) is 0 Å². The molecule has 0 radical (unpaired) electrons. The maximum Gasteiger partial charge on any atom is 0.420 e. The molecule has 3 rings (SSSR count). The monoisotopic (exact) mass is 642 g/mol. The first-order chi connectivity index (χ1) is 22.2. The lowest BCUT2D eigenvalue weighted by molar-refractivity contribution is -0.139. The number of ether oxygens (including phenoxy) is 4. The lowest BCUT2D eigenvalue weighted by Crippen LogP contribution is -2.13. The Kier molecular flexibility index (Phi) is 14.1. The summed E-state index contributed by atoms with van der Waals surface area (Å²) in [6, 6.07) is 18.1. The molecule has 0 saturated carbocycles. The number of hydrogen-bond donors (Lipinski definition) is 4. The lowest BCUT2D eigenvalue weighted by atomic mass is 10.1. The van der Waals surface area contributed by atoms with E-state index in [0.717, 1.165) is 36.0 Å². The highest BCUT2D eigenvalue weighted by Gasteiger charge is 2.34. The van der Waals surface area contributed by atoms with E-state index in [0.29, 0.717) is 43.9 Å². The van der Waals surface area contributed by atoms with Crippen LogP contribution in [0.4, 0.5) is 35.9 Å². The van der Waals surface area contributed by atoms with Crippen LogP contribution < -0.4 is 31.2 Å². The highest BCUT2D eigenvalue weighted by molar-refractivity contribution is 5.81. The van der Waals surface area contributed by atoms with E-state index in [9.17, 15) is 22.8 Å². The first-order valence-corrected chi connectivity index (χ1v) is 14.5. The lowest BCUT2D eigenvalue weighted by Gasteiger charge is -2.17. The molecule has 0 unspecified atom stereocenters. The van der Waals surface area contributed by atoms with Gasteiger partial charge >= 0.3 is 18.1 Å². The van der Waals surface area contributed by atoms with Crippen LogP contribution in [-0.2, 0) is 25.2 Å². The molecule has 0 heterocycles. The highest BCUT2D eigenvalue weighted by atomic mass is 19.4. The molecule has 0 atom stereocenters. The fourth-order valence-corrected chi connectivity index (χ4v) is 3.76. The quantitative estimate of drug-likeness (QED) is 0.0431. The first kappa shape index (κ1) is 35.2. The number of carbonyl (C=O) groups is 2. The van der Waals surface area contributed by atoms with E-state index in [4.69, 9.17) is 18.9 Å². The molecule has 3 aromatic carbocycles. The highest BCUT2D eigenvalue weighted by Crippen LogP contribution is 2.38. The zero-order valence-electron chi connectivity index (χ0n) is 25.2. The normalized spacial score (nSPS) is 10.7. The molecule has 46 heavy (non-hydrogen) atoms. The molecule has 0 aromatic heterocycles. The Hall–Kier alpha value is -5.33. The molecule has 0 aliphatic carbocycles. The Bertz CT molecular complexity index is 1420. The van der Waals surface area contributed by atoms with E-state index < -0.39 is 23.7 Å². The number of hydrazine groups is 2. The van der Waals surface area contributed by atoms with Gasteiger partial charge in [0, 0.05) is 12.2 Å². The fourth-order valence-electron chi connectivity index (χ4n) is 3.76. The standard InChI is InChI=1S/C33H37F3N4O6/c1-3-31(41)45-21-7-5-19-43-28-16-13-26(14-17-28)38-37-24-9-11-25(12-10-24)39-40-27-15-18-30(29(23-27)33(34,35)36)44-20-6-8-22-46-32(42)4-2/h3-4,9-18,23,37-40H,1-2,5-8,19-22H2. The van der Waals surface area contributed by atoms with Gasteiger partial charge in [0.15, 0.2) is 0 Å². The zero-order chi connectivity index (χ0) is 33.2. The summed E-state index contributed by atoms with van der Waals surface area (Å²) in [6.45, 7) is 7.62. The second-order valence-electron chi connectivity index (χ2n) is 9.66. The zero-order valence-corrected chi connectivity index (χ0v) is 25.2. The second kappa shape index (κ2) is 18.5. The van der Waals surface area contributed by atoms with Crippen molar-refractivity contribution in [2.75, 3.05) is 48.1 Å². The molecule has 0 fully saturated rings. The van der Waals surface area contributed by atoms with Crippen LogP contribution in [0.3, 0.4) is 0 Å². The van der Waals surface area contributed by atoms with Crippen molar-refractivity contribution in [1.82, 2.24) is 0 Å². The maximum atomic E-state index is 13.7. The van der Waals surface area contributed by atoms with E-state index >= 15 is 0 Å². The van der Waals surface area contributed by atoms with Gasteiger partial charge in [0.1, 0.15) is 11.5 Å². The molecular formula is C33H37F3N4O6. The summed E-state index contributed by atoms with van der Waals surface area (Å²) in [5.74, 6) is -0.564. The molecule has 0 aliphatic heterocycles. The number of esters is 2. The number of halogens is 3. The van der Waals surface area contributed by atoms with Gasteiger partial charge in [-0.25, -0.2) is 9.59 Å².